The summed E-state index contributed by atoms with van der Waals surface area (Å²) in [7, 11) is 0. The monoisotopic (exact) mass is 345 g/mol. The topological polar surface area (TPSA) is 32.3 Å². The average molecular weight is 346 g/mol. The van der Waals surface area contributed by atoms with Crippen molar-refractivity contribution in [3.63, 3.8) is 0 Å². The molecular weight excluding hydrogens is 322 g/mol. The third kappa shape index (κ3) is 6.30. The Hall–Kier alpha value is -0.0300. The van der Waals surface area contributed by atoms with Gasteiger partial charge in [0.25, 0.3) is 0 Å². The molecule has 0 amide bonds. The van der Waals surface area contributed by atoms with Crippen molar-refractivity contribution in [1.29, 1.82) is 0 Å². The maximum absolute atomic E-state index is 9.55. The Morgan fingerprint density at radius 1 is 1.26 bits per heavy atom. The van der Waals surface area contributed by atoms with E-state index in [1.54, 1.807) is 11.8 Å². The Morgan fingerprint density at radius 2 is 1.95 bits per heavy atom. The van der Waals surface area contributed by atoms with E-state index in [2.05, 4.69) is 53.3 Å². The highest BCUT2D eigenvalue weighted by molar-refractivity contribution is 9.10. The highest BCUT2D eigenvalue weighted by Crippen LogP contribution is 2.32. The maximum Gasteiger partial charge on any atom is 0.0631 e. The second-order valence-corrected chi connectivity index (χ2v) is 7.63. The summed E-state index contributed by atoms with van der Waals surface area (Å²) in [4.78, 5) is 1.18. The molecule has 19 heavy (non-hydrogen) atoms. The number of thioether (sulfide) groups is 1. The number of halogens is 1. The number of hydrogen-bond acceptors (Lipinski definition) is 3. The van der Waals surface area contributed by atoms with Crippen LogP contribution in [0.3, 0.4) is 0 Å². The molecule has 0 bridgehead atoms. The summed E-state index contributed by atoms with van der Waals surface area (Å²) in [5.74, 6) is 0.671. The summed E-state index contributed by atoms with van der Waals surface area (Å²) in [5.41, 5.74) is 1.28. The predicted molar refractivity (Wildman–Crippen MR) is 87.7 cm³/mol. The predicted octanol–water partition coefficient (Wildman–Crippen LogP) is 4.06. The second kappa shape index (κ2) is 8.30. The Labute approximate surface area is 129 Å². The minimum atomic E-state index is -0.302. The molecule has 0 saturated carbocycles. The van der Waals surface area contributed by atoms with Gasteiger partial charge in [-0.05, 0) is 53.0 Å². The number of aliphatic hydroxyl groups excluding tert-OH is 1. The van der Waals surface area contributed by atoms with Crippen molar-refractivity contribution in [3.8, 4) is 0 Å². The molecule has 0 heterocycles. The molecule has 2 unspecified atom stereocenters. The quantitative estimate of drug-likeness (QED) is 0.731. The molecular formula is C15H24BrNOS. The summed E-state index contributed by atoms with van der Waals surface area (Å²) in [6, 6.07) is 6.43. The minimum Gasteiger partial charge on any atom is -0.392 e. The van der Waals surface area contributed by atoms with Crippen LogP contribution < -0.4 is 5.32 Å². The fraction of sp³-hybridized carbons (Fsp3) is 0.600. The van der Waals surface area contributed by atoms with E-state index in [1.807, 2.05) is 13.8 Å². The van der Waals surface area contributed by atoms with Crippen molar-refractivity contribution in [1.82, 2.24) is 5.32 Å². The first kappa shape index (κ1) is 17.0. The van der Waals surface area contributed by atoms with Gasteiger partial charge in [-0.2, -0.15) is 0 Å². The molecule has 0 aliphatic heterocycles. The Kier molecular flexibility index (Phi) is 7.44. The van der Waals surface area contributed by atoms with Crippen LogP contribution in [0.1, 0.15) is 33.3 Å². The van der Waals surface area contributed by atoms with E-state index < -0.39 is 0 Å². The highest BCUT2D eigenvalue weighted by Gasteiger charge is 2.12. The zero-order chi connectivity index (χ0) is 14.4. The van der Waals surface area contributed by atoms with Gasteiger partial charge >= 0.3 is 0 Å². The van der Waals surface area contributed by atoms with Crippen LogP contribution in [0.4, 0.5) is 0 Å². The van der Waals surface area contributed by atoms with E-state index in [1.165, 1.54) is 10.5 Å². The van der Waals surface area contributed by atoms with Crippen molar-refractivity contribution in [2.24, 2.45) is 5.92 Å². The fourth-order valence-corrected chi connectivity index (χ4v) is 3.18. The van der Waals surface area contributed by atoms with E-state index in [9.17, 15) is 5.11 Å². The van der Waals surface area contributed by atoms with Gasteiger partial charge < -0.3 is 10.4 Å². The third-order valence-electron chi connectivity index (χ3n) is 2.87. The van der Waals surface area contributed by atoms with Crippen LogP contribution in [0.15, 0.2) is 27.6 Å². The number of benzene rings is 1. The normalized spacial score (nSPS) is 14.7. The first-order valence-corrected chi connectivity index (χ1v) is 8.41. The van der Waals surface area contributed by atoms with E-state index in [0.29, 0.717) is 5.92 Å². The molecule has 1 rings (SSSR count). The lowest BCUT2D eigenvalue weighted by atomic mass is 10.2. The standard InChI is InChI=1S/C15H24BrNOS/c1-10(2)8-17-9-13-5-6-15(14(16)7-13)19-12(4)11(3)18/h5-7,10-12,17-18H,8-9H2,1-4H3. The summed E-state index contributed by atoms with van der Waals surface area (Å²) in [5, 5.41) is 13.2. The first-order valence-electron chi connectivity index (χ1n) is 6.74. The van der Waals surface area contributed by atoms with Crippen molar-refractivity contribution < 1.29 is 5.11 Å². The van der Waals surface area contributed by atoms with E-state index >= 15 is 0 Å². The van der Waals surface area contributed by atoms with Crippen LogP contribution in [0.5, 0.6) is 0 Å². The zero-order valence-corrected chi connectivity index (χ0v) is 14.5. The molecule has 108 valence electrons. The maximum atomic E-state index is 9.55. The van der Waals surface area contributed by atoms with Gasteiger partial charge in [-0.25, -0.2) is 0 Å². The molecule has 2 N–H and O–H groups in total. The summed E-state index contributed by atoms with van der Waals surface area (Å²) in [6.07, 6.45) is -0.302. The third-order valence-corrected chi connectivity index (χ3v) is 5.16. The molecule has 1 aromatic carbocycles. The highest BCUT2D eigenvalue weighted by atomic mass is 79.9. The lowest BCUT2D eigenvalue weighted by Crippen LogP contribution is -2.19. The minimum absolute atomic E-state index is 0.196. The van der Waals surface area contributed by atoms with Crippen LogP contribution in [0.2, 0.25) is 0 Å². The molecule has 0 aliphatic carbocycles. The summed E-state index contributed by atoms with van der Waals surface area (Å²) in [6.45, 7) is 10.2. The van der Waals surface area contributed by atoms with Crippen molar-refractivity contribution >= 4 is 27.7 Å². The Balaban J connectivity index is 2.59. The Morgan fingerprint density at radius 3 is 2.47 bits per heavy atom. The summed E-state index contributed by atoms with van der Waals surface area (Å²) >= 11 is 5.31. The Bertz CT molecular complexity index is 396. The lowest BCUT2D eigenvalue weighted by molar-refractivity contribution is 0.196. The van der Waals surface area contributed by atoms with E-state index in [0.717, 1.165) is 17.6 Å². The molecule has 2 atom stereocenters. The van der Waals surface area contributed by atoms with Crippen molar-refractivity contribution in [3.05, 3.63) is 28.2 Å². The zero-order valence-electron chi connectivity index (χ0n) is 12.1. The van der Waals surface area contributed by atoms with Gasteiger partial charge in [0.2, 0.25) is 0 Å². The number of nitrogens with one attached hydrogen (secondary N) is 1. The van der Waals surface area contributed by atoms with Gasteiger partial charge in [0.05, 0.1) is 6.10 Å². The molecule has 0 aliphatic rings. The molecule has 1 aromatic rings. The molecule has 0 spiro atoms. The van der Waals surface area contributed by atoms with Crippen LogP contribution in [-0.4, -0.2) is 23.0 Å². The molecule has 2 nitrogen and oxygen atoms in total. The largest absolute Gasteiger partial charge is 0.392 e. The lowest BCUT2D eigenvalue weighted by Gasteiger charge is -2.15. The SMILES string of the molecule is CC(C)CNCc1ccc(SC(C)C(C)O)c(Br)c1. The summed E-state index contributed by atoms with van der Waals surface area (Å²) < 4.78 is 1.11. The number of rotatable bonds is 7. The van der Waals surface area contributed by atoms with Gasteiger partial charge in [-0.15, -0.1) is 11.8 Å². The molecule has 0 fully saturated rings. The first-order chi connectivity index (χ1) is 8.90. The van der Waals surface area contributed by atoms with Crippen LogP contribution in [0, 0.1) is 5.92 Å². The number of aliphatic hydroxyl groups is 1. The van der Waals surface area contributed by atoms with Crippen molar-refractivity contribution in [2.75, 3.05) is 6.54 Å². The second-order valence-electron chi connectivity index (χ2n) is 5.35. The molecule has 0 aromatic heterocycles. The van der Waals surface area contributed by atoms with Gasteiger partial charge in [-0.3, -0.25) is 0 Å². The molecule has 0 saturated heterocycles. The van der Waals surface area contributed by atoms with Gasteiger partial charge in [0.15, 0.2) is 0 Å². The van der Waals surface area contributed by atoms with Crippen LogP contribution in [0.25, 0.3) is 0 Å². The number of hydrogen-bond donors (Lipinski definition) is 2. The van der Waals surface area contributed by atoms with Crippen LogP contribution in [-0.2, 0) is 6.54 Å². The fourth-order valence-electron chi connectivity index (χ4n) is 1.55. The van der Waals surface area contributed by atoms with Gasteiger partial charge in [0.1, 0.15) is 0 Å². The van der Waals surface area contributed by atoms with Crippen molar-refractivity contribution in [2.45, 2.75) is 50.5 Å². The average Bonchev–Trinajstić information content (AvgIpc) is 2.31. The van der Waals surface area contributed by atoms with Gasteiger partial charge in [-0.1, -0.05) is 26.8 Å². The molecule has 4 heteroatoms. The smallest absolute Gasteiger partial charge is 0.0631 e. The van der Waals surface area contributed by atoms with E-state index in [-0.39, 0.29) is 11.4 Å². The van der Waals surface area contributed by atoms with Gasteiger partial charge in [0, 0.05) is 21.2 Å². The van der Waals surface area contributed by atoms with Crippen LogP contribution >= 0.6 is 27.7 Å². The van der Waals surface area contributed by atoms with E-state index in [4.69, 9.17) is 0 Å². The molecule has 0 radical (unpaired) electrons.